The molecule has 1 amide bonds. The molecular weight excluding hydrogens is 346 g/mol. The third-order valence-corrected chi connectivity index (χ3v) is 4.26. The van der Waals surface area contributed by atoms with Gasteiger partial charge in [-0.05, 0) is 47.1 Å². The number of para-hydroxylation sites is 2. The second-order valence-corrected chi connectivity index (χ2v) is 6.01. The smallest absolute Gasteiger partial charge is 0.252 e. The lowest BCUT2D eigenvalue weighted by Gasteiger charge is -2.30. The summed E-state index contributed by atoms with van der Waals surface area (Å²) in [5.41, 5.74) is 0.603. The molecule has 1 aliphatic rings. The molecule has 0 radical (unpaired) electrons. The molecule has 1 N–H and O–H groups in total. The van der Waals surface area contributed by atoms with Gasteiger partial charge in [0.05, 0.1) is 11.6 Å². The molecule has 0 saturated heterocycles. The van der Waals surface area contributed by atoms with E-state index in [9.17, 15) is 4.79 Å². The quantitative estimate of drug-likeness (QED) is 0.911. The first kappa shape index (κ1) is 14.9. The van der Waals surface area contributed by atoms with Crippen LogP contribution in [0.25, 0.3) is 0 Å². The van der Waals surface area contributed by atoms with Gasteiger partial charge in [-0.2, -0.15) is 0 Å². The van der Waals surface area contributed by atoms with Gasteiger partial charge in [0.25, 0.3) is 5.91 Å². The molecule has 1 aliphatic heterocycles. The molecule has 1 heterocycles. The van der Waals surface area contributed by atoms with Crippen LogP contribution in [-0.4, -0.2) is 24.7 Å². The summed E-state index contributed by atoms with van der Waals surface area (Å²) in [6.45, 7) is 2.32. The van der Waals surface area contributed by atoms with Crippen molar-refractivity contribution in [1.29, 1.82) is 0 Å². The van der Waals surface area contributed by atoms with Crippen molar-refractivity contribution in [2.75, 3.05) is 6.61 Å². The SMILES string of the molecule is C[C@@H](NC(=O)c1ccccc1Br)[C@H]1COc2ccccc2O1. The Bertz CT molecular complexity index is 689. The van der Waals surface area contributed by atoms with Crippen LogP contribution in [0.2, 0.25) is 0 Å². The van der Waals surface area contributed by atoms with E-state index in [1.807, 2.05) is 49.4 Å². The van der Waals surface area contributed by atoms with E-state index in [4.69, 9.17) is 9.47 Å². The van der Waals surface area contributed by atoms with Gasteiger partial charge >= 0.3 is 0 Å². The van der Waals surface area contributed by atoms with Crippen LogP contribution in [0.3, 0.4) is 0 Å². The maximum atomic E-state index is 12.3. The standard InChI is InChI=1S/C17H16BrNO3/c1-11(19-17(20)12-6-2-3-7-13(12)18)16-10-21-14-8-4-5-9-15(14)22-16/h2-9,11,16H,10H2,1H3,(H,19,20)/t11-,16-/m1/s1. The highest BCUT2D eigenvalue weighted by Gasteiger charge is 2.27. The predicted molar refractivity (Wildman–Crippen MR) is 87.4 cm³/mol. The van der Waals surface area contributed by atoms with Crippen LogP contribution in [0.4, 0.5) is 0 Å². The van der Waals surface area contributed by atoms with Crippen molar-refractivity contribution in [3.05, 3.63) is 58.6 Å². The summed E-state index contributed by atoms with van der Waals surface area (Å²) in [5.74, 6) is 1.31. The third kappa shape index (κ3) is 3.09. The number of rotatable bonds is 3. The number of carbonyl (C=O) groups excluding carboxylic acids is 1. The van der Waals surface area contributed by atoms with Gasteiger partial charge in [0.2, 0.25) is 0 Å². The van der Waals surface area contributed by atoms with E-state index >= 15 is 0 Å². The van der Waals surface area contributed by atoms with Crippen molar-refractivity contribution in [2.24, 2.45) is 0 Å². The number of nitrogens with one attached hydrogen (secondary N) is 1. The lowest BCUT2D eigenvalue weighted by atomic mass is 10.1. The van der Waals surface area contributed by atoms with Gasteiger partial charge in [-0.1, -0.05) is 24.3 Å². The van der Waals surface area contributed by atoms with Gasteiger partial charge in [-0.15, -0.1) is 0 Å². The minimum absolute atomic E-state index is 0.137. The van der Waals surface area contributed by atoms with Crippen molar-refractivity contribution in [1.82, 2.24) is 5.32 Å². The van der Waals surface area contributed by atoms with Gasteiger partial charge < -0.3 is 14.8 Å². The molecule has 4 nitrogen and oxygen atoms in total. The zero-order valence-electron chi connectivity index (χ0n) is 12.1. The highest BCUT2D eigenvalue weighted by molar-refractivity contribution is 9.10. The molecule has 2 aromatic carbocycles. The van der Waals surface area contributed by atoms with Crippen molar-refractivity contribution in [3.8, 4) is 11.5 Å². The van der Waals surface area contributed by atoms with Crippen LogP contribution in [0.15, 0.2) is 53.0 Å². The summed E-state index contributed by atoms with van der Waals surface area (Å²) in [6.07, 6.45) is -0.221. The zero-order valence-corrected chi connectivity index (χ0v) is 13.7. The maximum Gasteiger partial charge on any atom is 0.252 e. The molecule has 0 aliphatic carbocycles. The molecule has 2 aromatic rings. The van der Waals surface area contributed by atoms with Gasteiger partial charge in [-0.25, -0.2) is 0 Å². The summed E-state index contributed by atoms with van der Waals surface area (Å²) < 4.78 is 12.4. The predicted octanol–water partition coefficient (Wildman–Crippen LogP) is 3.41. The van der Waals surface area contributed by atoms with E-state index in [-0.39, 0.29) is 18.1 Å². The molecule has 0 bridgehead atoms. The Morgan fingerprint density at radius 1 is 1.18 bits per heavy atom. The summed E-state index contributed by atoms with van der Waals surface area (Å²) in [6, 6.07) is 14.7. The first-order chi connectivity index (χ1) is 10.6. The third-order valence-electron chi connectivity index (χ3n) is 3.57. The number of hydrogen-bond donors (Lipinski definition) is 1. The van der Waals surface area contributed by atoms with Crippen LogP contribution in [0.5, 0.6) is 11.5 Å². The fourth-order valence-electron chi connectivity index (χ4n) is 2.31. The van der Waals surface area contributed by atoms with Crippen molar-refractivity contribution in [3.63, 3.8) is 0 Å². The van der Waals surface area contributed by atoms with E-state index < -0.39 is 0 Å². The van der Waals surface area contributed by atoms with E-state index in [2.05, 4.69) is 21.2 Å². The van der Waals surface area contributed by atoms with Crippen molar-refractivity contribution >= 4 is 21.8 Å². The van der Waals surface area contributed by atoms with Gasteiger partial charge in [-0.3, -0.25) is 4.79 Å². The lowest BCUT2D eigenvalue weighted by Crippen LogP contribution is -2.48. The highest BCUT2D eigenvalue weighted by atomic mass is 79.9. The summed E-state index contributed by atoms with van der Waals surface area (Å²) in [4.78, 5) is 12.3. The number of fused-ring (bicyclic) bond motifs is 1. The molecule has 3 rings (SSSR count). The number of halogens is 1. The number of carbonyl (C=O) groups is 1. The van der Waals surface area contributed by atoms with E-state index in [1.165, 1.54) is 0 Å². The van der Waals surface area contributed by atoms with Gasteiger partial charge in [0.15, 0.2) is 17.6 Å². The van der Waals surface area contributed by atoms with Crippen LogP contribution in [0, 0.1) is 0 Å². The van der Waals surface area contributed by atoms with Crippen LogP contribution in [-0.2, 0) is 0 Å². The second kappa shape index (κ2) is 6.40. The molecule has 5 heteroatoms. The lowest BCUT2D eigenvalue weighted by molar-refractivity contribution is 0.0606. The Morgan fingerprint density at radius 3 is 2.64 bits per heavy atom. The fourth-order valence-corrected chi connectivity index (χ4v) is 2.77. The average Bonchev–Trinajstić information content (AvgIpc) is 2.54. The number of amides is 1. The molecule has 0 aromatic heterocycles. The van der Waals surface area contributed by atoms with Gasteiger partial charge in [0, 0.05) is 4.47 Å². The summed E-state index contributed by atoms with van der Waals surface area (Å²) >= 11 is 3.39. The van der Waals surface area contributed by atoms with Gasteiger partial charge in [0.1, 0.15) is 6.61 Å². The number of benzene rings is 2. The van der Waals surface area contributed by atoms with Crippen LogP contribution in [0.1, 0.15) is 17.3 Å². The second-order valence-electron chi connectivity index (χ2n) is 5.16. The minimum Gasteiger partial charge on any atom is -0.486 e. The van der Waals surface area contributed by atoms with Crippen LogP contribution < -0.4 is 14.8 Å². The molecular formula is C17H16BrNO3. The Kier molecular flexibility index (Phi) is 4.34. The summed E-state index contributed by atoms with van der Waals surface area (Å²) in [7, 11) is 0. The Balaban J connectivity index is 1.67. The molecule has 0 unspecified atom stereocenters. The average molecular weight is 362 g/mol. The fraction of sp³-hybridized carbons (Fsp3) is 0.235. The maximum absolute atomic E-state index is 12.3. The summed E-state index contributed by atoms with van der Waals surface area (Å²) in [5, 5.41) is 2.96. The monoisotopic (exact) mass is 361 g/mol. The zero-order chi connectivity index (χ0) is 15.5. The molecule has 0 saturated carbocycles. The first-order valence-electron chi connectivity index (χ1n) is 7.09. The van der Waals surface area contributed by atoms with E-state index in [0.717, 1.165) is 10.2 Å². The number of ether oxygens (including phenoxy) is 2. The normalized spacial score (nSPS) is 17.6. The van der Waals surface area contributed by atoms with Crippen LogP contribution >= 0.6 is 15.9 Å². The largest absolute Gasteiger partial charge is 0.486 e. The number of hydrogen-bond acceptors (Lipinski definition) is 3. The van der Waals surface area contributed by atoms with E-state index in [1.54, 1.807) is 6.07 Å². The van der Waals surface area contributed by atoms with Crippen molar-refractivity contribution < 1.29 is 14.3 Å². The highest BCUT2D eigenvalue weighted by Crippen LogP contribution is 2.31. The molecule has 2 atom stereocenters. The molecule has 114 valence electrons. The first-order valence-corrected chi connectivity index (χ1v) is 7.88. The minimum atomic E-state index is -0.221. The molecule has 0 spiro atoms. The molecule has 0 fully saturated rings. The molecule has 22 heavy (non-hydrogen) atoms. The Labute approximate surface area is 137 Å². The Morgan fingerprint density at radius 2 is 1.86 bits per heavy atom. The topological polar surface area (TPSA) is 47.6 Å². The Hall–Kier alpha value is -2.01. The van der Waals surface area contributed by atoms with E-state index in [0.29, 0.717) is 17.9 Å². The van der Waals surface area contributed by atoms with Crippen molar-refractivity contribution in [2.45, 2.75) is 19.1 Å².